The summed E-state index contributed by atoms with van der Waals surface area (Å²) in [6.45, 7) is 8.83. The lowest BCUT2D eigenvalue weighted by molar-refractivity contribution is -0.123. The Morgan fingerprint density at radius 3 is 2.70 bits per heavy atom. The number of anilines is 2. The third kappa shape index (κ3) is 2.45. The number of para-hydroxylation sites is 1. The predicted octanol–water partition coefficient (Wildman–Crippen LogP) is 3.49. The summed E-state index contributed by atoms with van der Waals surface area (Å²) in [6, 6.07) is 9.25. The summed E-state index contributed by atoms with van der Waals surface area (Å²) in [5, 5.41) is 10.1. The van der Waals surface area contributed by atoms with Crippen LogP contribution in [0.15, 0.2) is 36.5 Å². The van der Waals surface area contributed by atoms with E-state index in [1.165, 1.54) is 11.1 Å². The summed E-state index contributed by atoms with van der Waals surface area (Å²) in [7, 11) is 0. The molecule has 7 heteroatoms. The van der Waals surface area contributed by atoms with E-state index in [0.29, 0.717) is 22.2 Å². The van der Waals surface area contributed by atoms with Gasteiger partial charge in [0.15, 0.2) is 5.11 Å². The highest BCUT2D eigenvalue weighted by Gasteiger charge is 2.60. The van der Waals surface area contributed by atoms with Crippen LogP contribution in [0.3, 0.4) is 0 Å². The molecule has 1 amide bonds. The fraction of sp³-hybridized carbons (Fsp3) is 0.300. The number of aliphatic hydroxyl groups excluding tert-OH is 1. The number of pyridine rings is 1. The van der Waals surface area contributed by atoms with Gasteiger partial charge in [-0.3, -0.25) is 9.69 Å². The monoisotopic (exact) mass is 378 g/mol. The molecule has 1 saturated carbocycles. The molecule has 1 aliphatic carbocycles. The average molecular weight is 378 g/mol. The highest BCUT2D eigenvalue weighted by molar-refractivity contribution is 7.81. The van der Waals surface area contributed by atoms with Crippen LogP contribution in [-0.2, 0) is 11.4 Å². The fourth-order valence-corrected chi connectivity index (χ4v) is 4.30. The molecule has 2 heterocycles. The SMILES string of the molecule is [C-]#[N+]c1ncc(N2C(=O)C3(CCC3)N(c3ccccc3CO)C2=S)cc1C. The summed E-state index contributed by atoms with van der Waals surface area (Å²) in [5.41, 5.74) is 2.08. The van der Waals surface area contributed by atoms with Gasteiger partial charge in [0, 0.05) is 11.3 Å². The van der Waals surface area contributed by atoms with Crippen LogP contribution < -0.4 is 9.80 Å². The zero-order chi connectivity index (χ0) is 19.2. The molecule has 136 valence electrons. The van der Waals surface area contributed by atoms with Crippen LogP contribution in [0, 0.1) is 13.5 Å². The maximum absolute atomic E-state index is 13.4. The number of carbonyl (C=O) groups is 1. The number of amides is 1. The lowest BCUT2D eigenvalue weighted by Crippen LogP contribution is -2.55. The van der Waals surface area contributed by atoms with E-state index < -0.39 is 5.54 Å². The van der Waals surface area contributed by atoms with Crippen molar-refractivity contribution in [1.82, 2.24) is 4.98 Å². The molecule has 1 saturated heterocycles. The quantitative estimate of drug-likeness (QED) is 0.654. The van der Waals surface area contributed by atoms with E-state index in [0.717, 1.165) is 30.5 Å². The Labute approximate surface area is 162 Å². The number of rotatable bonds is 3. The number of thiocarbonyl (C=S) groups is 1. The van der Waals surface area contributed by atoms with Crippen molar-refractivity contribution in [2.24, 2.45) is 0 Å². The Bertz CT molecular complexity index is 994. The molecular weight excluding hydrogens is 360 g/mol. The van der Waals surface area contributed by atoms with Crippen molar-refractivity contribution in [3.63, 3.8) is 0 Å². The van der Waals surface area contributed by atoms with Crippen LogP contribution in [0.4, 0.5) is 17.2 Å². The Morgan fingerprint density at radius 1 is 1.37 bits per heavy atom. The van der Waals surface area contributed by atoms with Crippen molar-refractivity contribution in [2.45, 2.75) is 38.3 Å². The molecule has 1 aromatic carbocycles. The van der Waals surface area contributed by atoms with E-state index in [4.69, 9.17) is 18.8 Å². The van der Waals surface area contributed by atoms with Gasteiger partial charge in [-0.2, -0.15) is 0 Å². The van der Waals surface area contributed by atoms with Crippen molar-refractivity contribution in [2.75, 3.05) is 9.80 Å². The first-order chi connectivity index (χ1) is 13.0. The number of aromatic nitrogens is 1. The third-order valence-electron chi connectivity index (χ3n) is 5.40. The molecule has 0 bridgehead atoms. The van der Waals surface area contributed by atoms with Gasteiger partial charge in [-0.05, 0) is 56.1 Å². The first-order valence-corrected chi connectivity index (χ1v) is 9.16. The topological polar surface area (TPSA) is 61.0 Å². The molecule has 4 rings (SSSR count). The first kappa shape index (κ1) is 17.6. The number of aliphatic hydroxyl groups is 1. The second kappa shape index (κ2) is 6.41. The van der Waals surface area contributed by atoms with Crippen LogP contribution in [-0.4, -0.2) is 26.6 Å². The smallest absolute Gasteiger partial charge is 0.272 e. The maximum atomic E-state index is 13.4. The lowest BCUT2D eigenvalue weighted by atomic mass is 9.75. The van der Waals surface area contributed by atoms with Crippen molar-refractivity contribution in [3.05, 3.63) is 59.1 Å². The Balaban J connectivity index is 1.83. The van der Waals surface area contributed by atoms with Crippen molar-refractivity contribution >= 4 is 40.4 Å². The molecule has 1 spiro atoms. The van der Waals surface area contributed by atoms with Gasteiger partial charge in [0.05, 0.1) is 12.3 Å². The summed E-state index contributed by atoms with van der Waals surface area (Å²) in [5.74, 6) is 0.250. The number of aryl methyl sites for hydroxylation is 1. The van der Waals surface area contributed by atoms with Crippen LogP contribution in [0.2, 0.25) is 0 Å². The molecule has 2 fully saturated rings. The van der Waals surface area contributed by atoms with Gasteiger partial charge in [-0.15, -0.1) is 4.98 Å². The fourth-order valence-electron chi connectivity index (χ4n) is 3.84. The molecule has 0 unspecified atom stereocenters. The van der Waals surface area contributed by atoms with Gasteiger partial charge in [0.25, 0.3) is 11.7 Å². The van der Waals surface area contributed by atoms with E-state index in [1.54, 1.807) is 13.0 Å². The largest absolute Gasteiger partial charge is 0.392 e. The van der Waals surface area contributed by atoms with E-state index in [9.17, 15) is 9.90 Å². The number of nitrogens with zero attached hydrogens (tertiary/aromatic N) is 4. The van der Waals surface area contributed by atoms with E-state index in [2.05, 4.69) is 9.83 Å². The van der Waals surface area contributed by atoms with E-state index in [1.807, 2.05) is 29.2 Å². The molecule has 27 heavy (non-hydrogen) atoms. The first-order valence-electron chi connectivity index (χ1n) is 8.75. The number of hydrogen-bond acceptors (Lipinski definition) is 4. The Hall–Kier alpha value is -2.82. The van der Waals surface area contributed by atoms with Gasteiger partial charge >= 0.3 is 0 Å². The standard InChI is InChI=1S/C20H18N4O2S/c1-13-10-15(11-22-17(13)21-2)23-18(26)20(8-5-9-20)24(19(23)27)16-7-4-3-6-14(16)12-25/h3-4,6-7,10-11,25H,5,8-9,12H2,1H3. The Kier molecular flexibility index (Phi) is 4.17. The minimum Gasteiger partial charge on any atom is -0.392 e. The van der Waals surface area contributed by atoms with E-state index in [-0.39, 0.29) is 12.5 Å². The van der Waals surface area contributed by atoms with Gasteiger partial charge in [-0.1, -0.05) is 24.8 Å². The highest BCUT2D eigenvalue weighted by Crippen LogP contribution is 2.48. The minimum absolute atomic E-state index is 0.0664. The normalized spacial score (nSPS) is 18.0. The van der Waals surface area contributed by atoms with E-state index >= 15 is 0 Å². The van der Waals surface area contributed by atoms with Crippen molar-refractivity contribution in [1.29, 1.82) is 0 Å². The van der Waals surface area contributed by atoms with Gasteiger partial charge in [0.2, 0.25) is 0 Å². The summed E-state index contributed by atoms with van der Waals surface area (Å²) in [4.78, 5) is 24.4. The molecule has 2 aromatic rings. The third-order valence-corrected chi connectivity index (χ3v) is 5.76. The summed E-state index contributed by atoms with van der Waals surface area (Å²) in [6.07, 6.45) is 3.91. The molecule has 2 aliphatic rings. The number of benzene rings is 1. The van der Waals surface area contributed by atoms with Crippen molar-refractivity contribution < 1.29 is 9.90 Å². The minimum atomic E-state index is -0.700. The van der Waals surface area contributed by atoms with Gasteiger partial charge in [0.1, 0.15) is 11.7 Å². The zero-order valence-electron chi connectivity index (χ0n) is 14.8. The van der Waals surface area contributed by atoms with Crippen LogP contribution in [0.1, 0.15) is 30.4 Å². The summed E-state index contributed by atoms with van der Waals surface area (Å²) >= 11 is 5.73. The predicted molar refractivity (Wildman–Crippen MR) is 107 cm³/mol. The number of carbonyl (C=O) groups excluding carboxylic acids is 1. The second-order valence-electron chi connectivity index (χ2n) is 6.88. The maximum Gasteiger partial charge on any atom is 0.272 e. The summed E-state index contributed by atoms with van der Waals surface area (Å²) < 4.78 is 0. The molecule has 0 atom stereocenters. The molecule has 1 N–H and O–H groups in total. The lowest BCUT2D eigenvalue weighted by Gasteiger charge is -2.43. The van der Waals surface area contributed by atoms with Crippen LogP contribution in [0.25, 0.3) is 4.85 Å². The zero-order valence-corrected chi connectivity index (χ0v) is 15.7. The molecular formula is C20H18N4O2S. The molecule has 0 radical (unpaired) electrons. The average Bonchev–Trinajstić information content (AvgIpc) is 2.88. The second-order valence-corrected chi connectivity index (χ2v) is 7.24. The van der Waals surface area contributed by atoms with Gasteiger partial charge < -0.3 is 14.9 Å². The molecule has 6 nitrogen and oxygen atoms in total. The van der Waals surface area contributed by atoms with Crippen LogP contribution >= 0.6 is 12.2 Å². The molecule has 1 aliphatic heterocycles. The van der Waals surface area contributed by atoms with Crippen LogP contribution in [0.5, 0.6) is 0 Å². The highest BCUT2D eigenvalue weighted by atomic mass is 32.1. The van der Waals surface area contributed by atoms with Crippen molar-refractivity contribution in [3.8, 4) is 0 Å². The van der Waals surface area contributed by atoms with Gasteiger partial charge in [-0.25, -0.2) is 0 Å². The molecule has 1 aromatic heterocycles. The Morgan fingerprint density at radius 2 is 2.11 bits per heavy atom. The number of hydrogen-bond donors (Lipinski definition) is 1.